The van der Waals surface area contributed by atoms with Crippen molar-refractivity contribution < 1.29 is 19.8 Å². The SMILES string of the molecule is CC1=C(C(=O)O)C(c2ccccc2N=O)C(C(=O)O)=C(C)N1. The summed E-state index contributed by atoms with van der Waals surface area (Å²) >= 11 is 0. The second-order valence-corrected chi connectivity index (χ2v) is 4.90. The van der Waals surface area contributed by atoms with Crippen molar-refractivity contribution in [3.05, 3.63) is 57.3 Å². The van der Waals surface area contributed by atoms with E-state index in [0.29, 0.717) is 11.4 Å². The zero-order valence-corrected chi connectivity index (χ0v) is 12.0. The molecule has 1 heterocycles. The number of carbonyl (C=O) groups is 2. The summed E-state index contributed by atoms with van der Waals surface area (Å²) in [6.45, 7) is 3.10. The predicted molar refractivity (Wildman–Crippen MR) is 78.4 cm³/mol. The van der Waals surface area contributed by atoms with Crippen molar-refractivity contribution >= 4 is 17.6 Å². The van der Waals surface area contributed by atoms with E-state index in [4.69, 9.17) is 0 Å². The van der Waals surface area contributed by atoms with Crippen LogP contribution < -0.4 is 5.32 Å². The molecule has 0 amide bonds. The van der Waals surface area contributed by atoms with Gasteiger partial charge in [-0.25, -0.2) is 9.59 Å². The van der Waals surface area contributed by atoms with Gasteiger partial charge in [-0.2, -0.15) is 0 Å². The molecule has 2 rings (SSSR count). The second-order valence-electron chi connectivity index (χ2n) is 4.90. The third-order valence-corrected chi connectivity index (χ3v) is 3.57. The Morgan fingerprint density at radius 3 is 2.00 bits per heavy atom. The van der Waals surface area contributed by atoms with Crippen LogP contribution in [0.25, 0.3) is 0 Å². The normalized spacial score (nSPS) is 15.5. The van der Waals surface area contributed by atoms with Gasteiger partial charge < -0.3 is 15.5 Å². The van der Waals surface area contributed by atoms with Gasteiger partial charge in [0, 0.05) is 11.4 Å². The summed E-state index contributed by atoms with van der Waals surface area (Å²) in [7, 11) is 0. The molecule has 0 saturated heterocycles. The molecule has 0 bridgehead atoms. The van der Waals surface area contributed by atoms with Crippen LogP contribution in [-0.4, -0.2) is 22.2 Å². The molecular weight excluding hydrogens is 288 g/mol. The Kier molecular flexibility index (Phi) is 4.07. The number of carboxylic acids is 2. The van der Waals surface area contributed by atoms with Crippen LogP contribution >= 0.6 is 0 Å². The zero-order chi connectivity index (χ0) is 16.4. The van der Waals surface area contributed by atoms with Crippen LogP contribution in [-0.2, 0) is 9.59 Å². The lowest BCUT2D eigenvalue weighted by molar-refractivity contribution is -0.133. The molecule has 1 aromatic rings. The molecule has 0 atom stereocenters. The molecule has 0 saturated carbocycles. The number of hydrogen-bond donors (Lipinski definition) is 3. The largest absolute Gasteiger partial charge is 0.478 e. The zero-order valence-electron chi connectivity index (χ0n) is 12.0. The van der Waals surface area contributed by atoms with Crippen LogP contribution in [0.1, 0.15) is 25.3 Å². The number of nitrogens with zero attached hydrogens (tertiary/aromatic N) is 1. The van der Waals surface area contributed by atoms with Gasteiger partial charge >= 0.3 is 11.9 Å². The number of nitroso groups, excluding NO2 is 1. The molecule has 114 valence electrons. The van der Waals surface area contributed by atoms with E-state index in [0.717, 1.165) is 0 Å². The summed E-state index contributed by atoms with van der Waals surface area (Å²) in [6.07, 6.45) is 0. The van der Waals surface area contributed by atoms with Crippen LogP contribution in [0.15, 0.2) is 52.0 Å². The Bertz CT molecular complexity index is 697. The van der Waals surface area contributed by atoms with Crippen LogP contribution in [0.4, 0.5) is 5.69 Å². The molecule has 1 aromatic carbocycles. The van der Waals surface area contributed by atoms with Gasteiger partial charge in [0.2, 0.25) is 0 Å². The van der Waals surface area contributed by atoms with E-state index in [-0.39, 0.29) is 22.4 Å². The summed E-state index contributed by atoms with van der Waals surface area (Å²) in [5.74, 6) is -3.56. The fraction of sp³-hybridized carbons (Fsp3) is 0.200. The lowest BCUT2D eigenvalue weighted by atomic mass is 9.80. The van der Waals surface area contributed by atoms with Gasteiger partial charge in [-0.1, -0.05) is 18.2 Å². The first-order valence-corrected chi connectivity index (χ1v) is 6.46. The fourth-order valence-electron chi connectivity index (χ4n) is 2.69. The molecule has 0 aromatic heterocycles. The molecular formula is C15H14N2O5. The second kappa shape index (κ2) is 5.80. The minimum Gasteiger partial charge on any atom is -0.478 e. The van der Waals surface area contributed by atoms with Crippen molar-refractivity contribution in [3.8, 4) is 0 Å². The van der Waals surface area contributed by atoms with Crippen molar-refractivity contribution in [2.24, 2.45) is 5.18 Å². The van der Waals surface area contributed by atoms with Gasteiger partial charge in [-0.3, -0.25) is 0 Å². The van der Waals surface area contributed by atoms with Crippen molar-refractivity contribution in [3.63, 3.8) is 0 Å². The maximum Gasteiger partial charge on any atom is 0.334 e. The minimum absolute atomic E-state index is 0.0208. The lowest BCUT2D eigenvalue weighted by Gasteiger charge is -2.29. The molecule has 0 spiro atoms. The molecule has 3 N–H and O–H groups in total. The van der Waals surface area contributed by atoms with E-state index >= 15 is 0 Å². The summed E-state index contributed by atoms with van der Waals surface area (Å²) in [5, 5.41) is 24.6. The number of carboxylic acid groups (broad SMARTS) is 2. The van der Waals surface area contributed by atoms with Crippen LogP contribution in [0, 0.1) is 4.91 Å². The van der Waals surface area contributed by atoms with Crippen LogP contribution in [0.2, 0.25) is 0 Å². The van der Waals surface area contributed by atoms with Crippen molar-refractivity contribution in [1.82, 2.24) is 5.32 Å². The number of dihydropyridines is 1. The quantitative estimate of drug-likeness (QED) is 0.736. The highest BCUT2D eigenvalue weighted by Crippen LogP contribution is 2.41. The molecule has 7 nitrogen and oxygen atoms in total. The van der Waals surface area contributed by atoms with E-state index in [1.165, 1.54) is 12.1 Å². The van der Waals surface area contributed by atoms with E-state index in [1.807, 2.05) is 0 Å². The summed E-state index contributed by atoms with van der Waals surface area (Å²) in [5.41, 5.74) is 0.722. The highest BCUT2D eigenvalue weighted by atomic mass is 16.4. The monoisotopic (exact) mass is 302 g/mol. The number of nitrogens with one attached hydrogen (secondary N) is 1. The third kappa shape index (κ3) is 2.48. The fourth-order valence-corrected chi connectivity index (χ4v) is 2.69. The van der Waals surface area contributed by atoms with Crippen molar-refractivity contribution in [2.75, 3.05) is 0 Å². The number of benzene rings is 1. The number of aliphatic carboxylic acids is 2. The number of hydrogen-bond acceptors (Lipinski definition) is 5. The lowest BCUT2D eigenvalue weighted by Crippen LogP contribution is -2.31. The molecule has 22 heavy (non-hydrogen) atoms. The summed E-state index contributed by atoms with van der Waals surface area (Å²) in [4.78, 5) is 34.2. The third-order valence-electron chi connectivity index (χ3n) is 3.57. The molecule has 0 unspecified atom stereocenters. The maximum absolute atomic E-state index is 11.6. The Morgan fingerprint density at radius 1 is 1.05 bits per heavy atom. The average molecular weight is 302 g/mol. The highest BCUT2D eigenvalue weighted by Gasteiger charge is 2.37. The summed E-state index contributed by atoms with van der Waals surface area (Å²) in [6, 6.07) is 6.12. The van der Waals surface area contributed by atoms with E-state index in [2.05, 4.69) is 10.5 Å². The van der Waals surface area contributed by atoms with Gasteiger partial charge in [0.25, 0.3) is 0 Å². The van der Waals surface area contributed by atoms with Crippen LogP contribution in [0.3, 0.4) is 0 Å². The Balaban J connectivity index is 2.78. The Hall–Kier alpha value is -2.96. The Labute approximate surface area is 125 Å². The number of rotatable bonds is 4. The average Bonchev–Trinajstić information content (AvgIpc) is 2.45. The molecule has 0 radical (unpaired) electrons. The van der Waals surface area contributed by atoms with E-state index in [1.54, 1.807) is 26.0 Å². The molecule has 1 aliphatic heterocycles. The molecule has 7 heteroatoms. The van der Waals surface area contributed by atoms with E-state index < -0.39 is 17.9 Å². The number of allylic oxidation sites excluding steroid dienone is 2. The predicted octanol–water partition coefficient (Wildman–Crippen LogP) is 2.49. The van der Waals surface area contributed by atoms with Gasteiger partial charge in [-0.15, -0.1) is 4.91 Å². The first-order valence-electron chi connectivity index (χ1n) is 6.46. The van der Waals surface area contributed by atoms with Gasteiger partial charge in [0.05, 0.1) is 17.1 Å². The maximum atomic E-state index is 11.6. The standard InChI is InChI=1S/C15H14N2O5/c1-7-11(14(18)19)13(12(15(20)21)8(2)16-7)9-5-3-4-6-10(9)17-22/h3-6,13,16H,1-2H3,(H,18,19)(H,20,21). The molecule has 0 fully saturated rings. The smallest absolute Gasteiger partial charge is 0.334 e. The van der Waals surface area contributed by atoms with Crippen molar-refractivity contribution in [2.45, 2.75) is 19.8 Å². The molecule has 1 aliphatic rings. The Morgan fingerprint density at radius 2 is 1.55 bits per heavy atom. The van der Waals surface area contributed by atoms with Crippen LogP contribution in [0.5, 0.6) is 0 Å². The first-order chi connectivity index (χ1) is 10.4. The minimum atomic E-state index is -1.25. The van der Waals surface area contributed by atoms with Crippen molar-refractivity contribution in [1.29, 1.82) is 0 Å². The summed E-state index contributed by atoms with van der Waals surface area (Å²) < 4.78 is 0. The first kappa shape index (κ1) is 15.4. The topological polar surface area (TPSA) is 116 Å². The molecule has 0 aliphatic carbocycles. The van der Waals surface area contributed by atoms with E-state index in [9.17, 15) is 24.7 Å². The van der Waals surface area contributed by atoms with Gasteiger partial charge in [0.15, 0.2) is 0 Å². The van der Waals surface area contributed by atoms with Gasteiger partial charge in [-0.05, 0) is 30.7 Å². The highest BCUT2D eigenvalue weighted by molar-refractivity contribution is 5.98. The van der Waals surface area contributed by atoms with Gasteiger partial charge in [0.1, 0.15) is 5.69 Å².